The van der Waals surface area contributed by atoms with Gasteiger partial charge in [-0.3, -0.25) is 0 Å². The number of halogens is 3. The highest BCUT2D eigenvalue weighted by Crippen LogP contribution is 2.31. The molecule has 2 rings (SSSR count). The minimum Gasteiger partial charge on any atom is -0.310 e. The van der Waals surface area contributed by atoms with Crippen LogP contribution >= 0.6 is 54.8 Å². The van der Waals surface area contributed by atoms with Crippen LogP contribution in [0.15, 0.2) is 38.6 Å². The summed E-state index contributed by atoms with van der Waals surface area (Å²) in [6, 6.07) is 10.5. The number of rotatable bonds is 6. The van der Waals surface area contributed by atoms with Gasteiger partial charge < -0.3 is 5.32 Å². The summed E-state index contributed by atoms with van der Waals surface area (Å²) in [5, 5.41) is 4.41. The summed E-state index contributed by atoms with van der Waals surface area (Å²) in [5.74, 6) is 0. The molecule has 0 bridgehead atoms. The van der Waals surface area contributed by atoms with Gasteiger partial charge in [-0.1, -0.05) is 34.5 Å². The molecule has 5 heteroatoms. The van der Waals surface area contributed by atoms with Gasteiger partial charge in [0.05, 0.1) is 3.79 Å². The first-order chi connectivity index (χ1) is 9.60. The van der Waals surface area contributed by atoms with Gasteiger partial charge in [0, 0.05) is 26.8 Å². The maximum Gasteiger partial charge on any atom is 0.0701 e. The van der Waals surface area contributed by atoms with E-state index in [0.29, 0.717) is 0 Å². The van der Waals surface area contributed by atoms with Crippen molar-refractivity contribution < 1.29 is 0 Å². The van der Waals surface area contributed by atoms with Gasteiger partial charge in [0.15, 0.2) is 0 Å². The molecule has 0 amide bonds. The molecule has 2 aromatic rings. The number of benzene rings is 1. The summed E-state index contributed by atoms with van der Waals surface area (Å²) in [4.78, 5) is 1.35. The largest absolute Gasteiger partial charge is 0.310 e. The smallest absolute Gasteiger partial charge is 0.0701 e. The Labute approximate surface area is 146 Å². The average Bonchev–Trinajstić information content (AvgIpc) is 2.83. The zero-order valence-electron chi connectivity index (χ0n) is 11.1. The van der Waals surface area contributed by atoms with Crippen LogP contribution in [0.1, 0.15) is 29.8 Å². The van der Waals surface area contributed by atoms with Crippen LogP contribution in [0, 0.1) is 0 Å². The maximum atomic E-state index is 6.37. The van der Waals surface area contributed by atoms with Crippen molar-refractivity contribution >= 4 is 54.8 Å². The van der Waals surface area contributed by atoms with Gasteiger partial charge in [-0.25, -0.2) is 0 Å². The molecule has 0 aliphatic heterocycles. The zero-order valence-corrected chi connectivity index (χ0v) is 15.9. The first kappa shape index (κ1) is 16.5. The molecule has 0 radical (unpaired) electrons. The highest BCUT2D eigenvalue weighted by Gasteiger charge is 2.16. The lowest BCUT2D eigenvalue weighted by Gasteiger charge is -2.20. The molecule has 20 heavy (non-hydrogen) atoms. The van der Waals surface area contributed by atoms with E-state index in [0.717, 1.165) is 34.4 Å². The predicted molar refractivity (Wildman–Crippen MR) is 95.9 cm³/mol. The van der Waals surface area contributed by atoms with Gasteiger partial charge in [-0.15, -0.1) is 11.3 Å². The first-order valence-corrected chi connectivity index (χ1v) is 9.30. The van der Waals surface area contributed by atoms with Gasteiger partial charge in [-0.05, 0) is 64.8 Å². The van der Waals surface area contributed by atoms with Crippen LogP contribution in [0.2, 0.25) is 5.02 Å². The molecule has 0 spiro atoms. The molecule has 1 N–H and O–H groups in total. The maximum absolute atomic E-state index is 6.37. The predicted octanol–water partition coefficient (Wildman–Crippen LogP) is 6.21. The molecule has 0 fully saturated rings. The van der Waals surface area contributed by atoms with E-state index in [1.807, 2.05) is 12.1 Å². The topological polar surface area (TPSA) is 12.0 Å². The van der Waals surface area contributed by atoms with Crippen LogP contribution in [-0.4, -0.2) is 6.54 Å². The minimum atomic E-state index is 0.241. The fourth-order valence-corrected chi connectivity index (χ4v) is 4.21. The highest BCUT2D eigenvalue weighted by molar-refractivity contribution is 9.11. The lowest BCUT2D eigenvalue weighted by molar-refractivity contribution is 0.532. The Bertz CT molecular complexity index is 571. The summed E-state index contributed by atoms with van der Waals surface area (Å²) in [6.07, 6.45) is 2.06. The lowest BCUT2D eigenvalue weighted by atomic mass is 10.0. The van der Waals surface area contributed by atoms with E-state index < -0.39 is 0 Å². The Kier molecular flexibility index (Phi) is 6.56. The molecule has 1 heterocycles. The molecule has 1 nitrogen and oxygen atoms in total. The van der Waals surface area contributed by atoms with Crippen molar-refractivity contribution in [2.24, 2.45) is 0 Å². The molecular weight excluding hydrogens is 422 g/mol. The van der Waals surface area contributed by atoms with Crippen LogP contribution < -0.4 is 5.32 Å². The van der Waals surface area contributed by atoms with Crippen LogP contribution in [0.25, 0.3) is 0 Å². The minimum absolute atomic E-state index is 0.241. The molecule has 0 saturated heterocycles. The van der Waals surface area contributed by atoms with E-state index >= 15 is 0 Å². The third kappa shape index (κ3) is 4.57. The monoisotopic (exact) mass is 435 g/mol. The Morgan fingerprint density at radius 1 is 1.25 bits per heavy atom. The standard InChI is InChI=1S/C15H16Br2ClNS/c1-2-7-19-14(9-11-4-6-15(17)20-11)12-8-10(16)3-5-13(12)18/h3-6,8,14,19H,2,7,9H2,1H3. The van der Waals surface area contributed by atoms with Gasteiger partial charge in [0.25, 0.3) is 0 Å². The summed E-state index contributed by atoms with van der Waals surface area (Å²) in [7, 11) is 0. The van der Waals surface area contributed by atoms with Crippen LogP contribution in [-0.2, 0) is 6.42 Å². The van der Waals surface area contributed by atoms with Crippen LogP contribution in [0.4, 0.5) is 0 Å². The van der Waals surface area contributed by atoms with E-state index in [9.17, 15) is 0 Å². The van der Waals surface area contributed by atoms with Crippen molar-refractivity contribution in [2.75, 3.05) is 6.54 Å². The summed E-state index contributed by atoms with van der Waals surface area (Å²) in [5.41, 5.74) is 1.15. The van der Waals surface area contributed by atoms with E-state index in [4.69, 9.17) is 11.6 Å². The Balaban J connectivity index is 2.24. The first-order valence-electron chi connectivity index (χ1n) is 6.52. The zero-order chi connectivity index (χ0) is 14.5. The highest BCUT2D eigenvalue weighted by atomic mass is 79.9. The molecule has 108 valence electrons. The van der Waals surface area contributed by atoms with Gasteiger partial charge in [0.1, 0.15) is 0 Å². The number of nitrogens with one attached hydrogen (secondary N) is 1. The van der Waals surface area contributed by atoms with Crippen LogP contribution in [0.3, 0.4) is 0 Å². The third-order valence-corrected chi connectivity index (χ3v) is 5.49. The summed E-state index contributed by atoms with van der Waals surface area (Å²) < 4.78 is 2.23. The Morgan fingerprint density at radius 2 is 2.05 bits per heavy atom. The second kappa shape index (κ2) is 7.95. The average molecular weight is 438 g/mol. The molecule has 1 aromatic heterocycles. The van der Waals surface area contributed by atoms with Crippen molar-refractivity contribution in [3.63, 3.8) is 0 Å². The van der Waals surface area contributed by atoms with Gasteiger partial charge in [0.2, 0.25) is 0 Å². The fourth-order valence-electron chi connectivity index (χ4n) is 2.05. The van der Waals surface area contributed by atoms with Gasteiger partial charge in [-0.2, -0.15) is 0 Å². The Hall–Kier alpha value is 0.130. The van der Waals surface area contributed by atoms with Crippen molar-refractivity contribution in [1.82, 2.24) is 5.32 Å². The van der Waals surface area contributed by atoms with E-state index in [-0.39, 0.29) is 6.04 Å². The van der Waals surface area contributed by atoms with Gasteiger partial charge >= 0.3 is 0 Å². The van der Waals surface area contributed by atoms with E-state index in [2.05, 4.69) is 62.3 Å². The number of hydrogen-bond acceptors (Lipinski definition) is 2. The third-order valence-electron chi connectivity index (χ3n) is 3.01. The second-order valence-electron chi connectivity index (χ2n) is 4.58. The SMILES string of the molecule is CCCNC(Cc1ccc(Br)s1)c1cc(Br)ccc1Cl. The van der Waals surface area contributed by atoms with Crippen molar-refractivity contribution in [3.05, 3.63) is 54.1 Å². The van der Waals surface area contributed by atoms with E-state index in [1.54, 1.807) is 11.3 Å². The quantitative estimate of drug-likeness (QED) is 0.566. The van der Waals surface area contributed by atoms with Crippen LogP contribution in [0.5, 0.6) is 0 Å². The molecule has 1 unspecified atom stereocenters. The lowest BCUT2D eigenvalue weighted by Crippen LogP contribution is -2.24. The van der Waals surface area contributed by atoms with Crippen molar-refractivity contribution in [2.45, 2.75) is 25.8 Å². The fraction of sp³-hybridized carbons (Fsp3) is 0.333. The number of hydrogen-bond donors (Lipinski definition) is 1. The second-order valence-corrected chi connectivity index (χ2v) is 8.45. The molecule has 1 aromatic carbocycles. The normalized spacial score (nSPS) is 12.6. The number of thiophene rings is 1. The van der Waals surface area contributed by atoms with E-state index in [1.165, 1.54) is 8.66 Å². The molecule has 0 aliphatic carbocycles. The molecule has 1 atom stereocenters. The van der Waals surface area contributed by atoms with Crippen molar-refractivity contribution in [1.29, 1.82) is 0 Å². The summed E-state index contributed by atoms with van der Waals surface area (Å²) in [6.45, 7) is 3.16. The summed E-state index contributed by atoms with van der Waals surface area (Å²) >= 11 is 15.2. The molecule has 0 saturated carbocycles. The molecule has 0 aliphatic rings. The van der Waals surface area contributed by atoms with Crippen molar-refractivity contribution in [3.8, 4) is 0 Å². The molecular formula is C15H16Br2ClNS. The Morgan fingerprint density at radius 3 is 2.70 bits per heavy atom.